The summed E-state index contributed by atoms with van der Waals surface area (Å²) >= 11 is 0. The van der Waals surface area contributed by atoms with E-state index in [0.29, 0.717) is 5.92 Å². The summed E-state index contributed by atoms with van der Waals surface area (Å²) in [4.78, 5) is 8.70. The number of rotatable bonds is 1. The zero-order valence-corrected chi connectivity index (χ0v) is 8.14. The first-order chi connectivity index (χ1) is 6.81. The van der Waals surface area contributed by atoms with E-state index in [1.165, 1.54) is 12.0 Å². The highest BCUT2D eigenvalue weighted by Crippen LogP contribution is 2.57. The number of hydrogen-bond acceptors (Lipinski definition) is 2. The summed E-state index contributed by atoms with van der Waals surface area (Å²) in [5.41, 5.74) is 1.50. The highest BCUT2D eigenvalue weighted by molar-refractivity contribution is 5.43. The van der Waals surface area contributed by atoms with Crippen LogP contribution in [0, 0.1) is 5.92 Å². The monoisotopic (exact) mass is 184 g/mol. The third-order valence-electron chi connectivity index (χ3n) is 3.15. The van der Waals surface area contributed by atoms with Crippen LogP contribution < -0.4 is 0 Å². The topological polar surface area (TPSA) is 25.8 Å². The Morgan fingerprint density at radius 2 is 2.14 bits per heavy atom. The van der Waals surface area contributed by atoms with Crippen LogP contribution in [-0.4, -0.2) is 9.97 Å². The Morgan fingerprint density at radius 3 is 2.86 bits per heavy atom. The summed E-state index contributed by atoms with van der Waals surface area (Å²) in [6, 6.07) is 1.87. The maximum atomic E-state index is 4.35. The zero-order valence-electron chi connectivity index (χ0n) is 8.14. The van der Waals surface area contributed by atoms with Crippen molar-refractivity contribution in [1.82, 2.24) is 9.97 Å². The molecule has 0 saturated heterocycles. The van der Waals surface area contributed by atoms with E-state index in [1.54, 1.807) is 0 Å². The Labute approximate surface area is 83.4 Å². The Balaban J connectivity index is 2.01. The lowest BCUT2D eigenvalue weighted by molar-refractivity contribution is 0.732. The molecule has 0 amide bonds. The van der Waals surface area contributed by atoms with Crippen molar-refractivity contribution in [3.8, 4) is 0 Å². The molecule has 0 spiro atoms. The summed E-state index contributed by atoms with van der Waals surface area (Å²) in [5, 5.41) is 0. The zero-order chi connectivity index (χ0) is 9.60. The Kier molecular flexibility index (Phi) is 1.43. The molecule has 2 unspecified atom stereocenters. The molecule has 0 radical (unpaired) electrons. The average molecular weight is 184 g/mol. The molecule has 2 aliphatic rings. The van der Waals surface area contributed by atoms with Crippen LogP contribution in [0.5, 0.6) is 0 Å². The number of allylic oxidation sites excluding steroid dienone is 4. The Morgan fingerprint density at radius 1 is 1.36 bits per heavy atom. The first-order valence-corrected chi connectivity index (χ1v) is 4.96. The van der Waals surface area contributed by atoms with Crippen LogP contribution in [-0.2, 0) is 5.41 Å². The molecule has 2 nitrogen and oxygen atoms in total. The van der Waals surface area contributed by atoms with E-state index in [0.717, 1.165) is 5.82 Å². The molecule has 0 aromatic carbocycles. The van der Waals surface area contributed by atoms with Gasteiger partial charge in [0.05, 0.1) is 5.41 Å². The van der Waals surface area contributed by atoms with Gasteiger partial charge in [-0.25, -0.2) is 9.97 Å². The van der Waals surface area contributed by atoms with E-state index in [1.807, 2.05) is 18.5 Å². The summed E-state index contributed by atoms with van der Waals surface area (Å²) in [7, 11) is 0. The third kappa shape index (κ3) is 0.969. The Hall–Kier alpha value is -1.44. The second-order valence-corrected chi connectivity index (χ2v) is 4.17. The van der Waals surface area contributed by atoms with Gasteiger partial charge in [-0.05, 0) is 25.3 Å². The van der Waals surface area contributed by atoms with Crippen LogP contribution in [0.3, 0.4) is 0 Å². The molecule has 2 atom stereocenters. The maximum absolute atomic E-state index is 4.35. The van der Waals surface area contributed by atoms with Gasteiger partial charge in [-0.15, -0.1) is 0 Å². The summed E-state index contributed by atoms with van der Waals surface area (Å²) in [6.45, 7) is 2.14. The van der Waals surface area contributed by atoms with Gasteiger partial charge in [-0.1, -0.05) is 23.8 Å². The minimum Gasteiger partial charge on any atom is -0.240 e. The standard InChI is InChI=1S/C12H12N2/c1-9-3-4-12(8-10(12)7-9)11-13-5-2-6-14-11/h2-7,10H,8H2,1H3. The normalized spacial score (nSPS) is 33.5. The molecule has 0 N–H and O–H groups in total. The summed E-state index contributed by atoms with van der Waals surface area (Å²) in [6.07, 6.45) is 11.6. The predicted molar refractivity (Wildman–Crippen MR) is 54.7 cm³/mol. The van der Waals surface area contributed by atoms with Crippen LogP contribution >= 0.6 is 0 Å². The molecule has 70 valence electrons. The highest BCUT2D eigenvalue weighted by atomic mass is 14.9. The van der Waals surface area contributed by atoms with Gasteiger partial charge in [0.15, 0.2) is 0 Å². The SMILES string of the molecule is CC1=CC2CC2(c2ncccn2)C=C1. The van der Waals surface area contributed by atoms with Gasteiger partial charge in [0.2, 0.25) is 0 Å². The fraction of sp³-hybridized carbons (Fsp3) is 0.333. The second kappa shape index (κ2) is 2.53. The van der Waals surface area contributed by atoms with Crippen molar-refractivity contribution in [2.75, 3.05) is 0 Å². The number of nitrogens with zero attached hydrogens (tertiary/aromatic N) is 2. The first kappa shape index (κ1) is 7.92. The van der Waals surface area contributed by atoms with Crippen LogP contribution in [0.2, 0.25) is 0 Å². The molecule has 1 saturated carbocycles. The van der Waals surface area contributed by atoms with E-state index in [9.17, 15) is 0 Å². The molecule has 0 aliphatic heterocycles. The maximum Gasteiger partial charge on any atom is 0.138 e. The van der Waals surface area contributed by atoms with Gasteiger partial charge in [-0.2, -0.15) is 0 Å². The Bertz CT molecular complexity index is 419. The summed E-state index contributed by atoms with van der Waals surface area (Å²) in [5.74, 6) is 1.61. The third-order valence-corrected chi connectivity index (χ3v) is 3.15. The lowest BCUT2D eigenvalue weighted by Gasteiger charge is -2.12. The molecule has 1 fully saturated rings. The molecule has 0 bridgehead atoms. The van der Waals surface area contributed by atoms with Crippen LogP contribution in [0.1, 0.15) is 19.2 Å². The van der Waals surface area contributed by atoms with Gasteiger partial charge in [-0.3, -0.25) is 0 Å². The molecule has 14 heavy (non-hydrogen) atoms. The van der Waals surface area contributed by atoms with Crippen molar-refractivity contribution in [1.29, 1.82) is 0 Å². The molecule has 3 rings (SSSR count). The minimum atomic E-state index is 0.140. The second-order valence-electron chi connectivity index (χ2n) is 4.17. The van der Waals surface area contributed by atoms with Crippen molar-refractivity contribution in [2.45, 2.75) is 18.8 Å². The lowest BCUT2D eigenvalue weighted by atomic mass is 9.95. The number of aromatic nitrogens is 2. The van der Waals surface area contributed by atoms with E-state index in [-0.39, 0.29) is 5.41 Å². The minimum absolute atomic E-state index is 0.140. The van der Waals surface area contributed by atoms with Crippen LogP contribution in [0.25, 0.3) is 0 Å². The molecule has 2 aliphatic carbocycles. The fourth-order valence-corrected chi connectivity index (χ4v) is 2.23. The fourth-order valence-electron chi connectivity index (χ4n) is 2.23. The van der Waals surface area contributed by atoms with Gasteiger partial charge in [0.1, 0.15) is 5.82 Å². The van der Waals surface area contributed by atoms with Crippen LogP contribution in [0.15, 0.2) is 42.3 Å². The van der Waals surface area contributed by atoms with Gasteiger partial charge in [0, 0.05) is 12.4 Å². The van der Waals surface area contributed by atoms with Crippen molar-refractivity contribution >= 4 is 0 Å². The largest absolute Gasteiger partial charge is 0.240 e. The van der Waals surface area contributed by atoms with Gasteiger partial charge >= 0.3 is 0 Å². The summed E-state index contributed by atoms with van der Waals surface area (Å²) < 4.78 is 0. The molecule has 1 heterocycles. The predicted octanol–water partition coefficient (Wildman–Crippen LogP) is 2.25. The molecule has 1 aromatic rings. The van der Waals surface area contributed by atoms with Gasteiger partial charge in [0.25, 0.3) is 0 Å². The van der Waals surface area contributed by atoms with Crippen molar-refractivity contribution in [3.63, 3.8) is 0 Å². The molecular weight excluding hydrogens is 172 g/mol. The number of fused-ring (bicyclic) bond motifs is 1. The van der Waals surface area contributed by atoms with Gasteiger partial charge < -0.3 is 0 Å². The molecule has 2 heteroatoms. The van der Waals surface area contributed by atoms with E-state index < -0.39 is 0 Å². The smallest absolute Gasteiger partial charge is 0.138 e. The highest BCUT2D eigenvalue weighted by Gasteiger charge is 2.55. The molecular formula is C12H12N2. The van der Waals surface area contributed by atoms with E-state index in [4.69, 9.17) is 0 Å². The van der Waals surface area contributed by atoms with Crippen molar-refractivity contribution in [2.24, 2.45) is 5.92 Å². The molecule has 1 aromatic heterocycles. The average Bonchev–Trinajstić information content (AvgIpc) is 2.94. The first-order valence-electron chi connectivity index (χ1n) is 4.96. The van der Waals surface area contributed by atoms with E-state index in [2.05, 4.69) is 35.1 Å². The number of hydrogen-bond donors (Lipinski definition) is 0. The van der Waals surface area contributed by atoms with Crippen molar-refractivity contribution < 1.29 is 0 Å². The van der Waals surface area contributed by atoms with Crippen molar-refractivity contribution in [3.05, 3.63) is 48.1 Å². The van der Waals surface area contributed by atoms with E-state index >= 15 is 0 Å². The van der Waals surface area contributed by atoms with Crippen LogP contribution in [0.4, 0.5) is 0 Å². The lowest BCUT2D eigenvalue weighted by Crippen LogP contribution is -2.12. The quantitative estimate of drug-likeness (QED) is 0.669.